The fourth-order valence-corrected chi connectivity index (χ4v) is 6.70. The van der Waals surface area contributed by atoms with Gasteiger partial charge >= 0.3 is 0 Å². The van der Waals surface area contributed by atoms with Crippen molar-refractivity contribution in [2.75, 3.05) is 4.90 Å². The summed E-state index contributed by atoms with van der Waals surface area (Å²) in [6, 6.07) is 58.6. The molecule has 0 unspecified atom stereocenters. The second-order valence-electron chi connectivity index (χ2n) is 11.4. The van der Waals surface area contributed by atoms with Gasteiger partial charge in [-0.15, -0.1) is 0 Å². The molecule has 8 aromatic carbocycles. The summed E-state index contributed by atoms with van der Waals surface area (Å²) < 4.78 is 6.60. The van der Waals surface area contributed by atoms with Gasteiger partial charge in [-0.1, -0.05) is 121 Å². The average molecular weight is 562 g/mol. The third-order valence-corrected chi connectivity index (χ3v) is 8.82. The van der Waals surface area contributed by atoms with Crippen LogP contribution in [0.2, 0.25) is 0 Å². The fourth-order valence-electron chi connectivity index (χ4n) is 6.70. The molecule has 0 bridgehead atoms. The van der Waals surface area contributed by atoms with Crippen molar-refractivity contribution in [2.24, 2.45) is 0 Å². The molecule has 0 aliphatic carbocycles. The maximum absolute atomic E-state index is 6.60. The molecule has 0 aliphatic heterocycles. The van der Waals surface area contributed by atoms with Gasteiger partial charge in [-0.25, -0.2) is 0 Å². The molecule has 1 heterocycles. The first-order valence-corrected chi connectivity index (χ1v) is 15.0. The van der Waals surface area contributed by atoms with Crippen LogP contribution in [0.4, 0.5) is 17.1 Å². The average Bonchev–Trinajstić information content (AvgIpc) is 3.49. The van der Waals surface area contributed by atoms with E-state index in [1.807, 2.05) is 0 Å². The molecule has 0 N–H and O–H groups in total. The van der Waals surface area contributed by atoms with Gasteiger partial charge < -0.3 is 9.32 Å². The number of hydrogen-bond acceptors (Lipinski definition) is 2. The van der Waals surface area contributed by atoms with Gasteiger partial charge in [0.1, 0.15) is 11.2 Å². The lowest BCUT2D eigenvalue weighted by atomic mass is 10.00. The third kappa shape index (κ3) is 3.89. The number of hydrogen-bond donors (Lipinski definition) is 0. The van der Waals surface area contributed by atoms with Crippen LogP contribution in [0.5, 0.6) is 0 Å². The van der Waals surface area contributed by atoms with Crippen molar-refractivity contribution >= 4 is 71.3 Å². The number of furan rings is 1. The Bertz CT molecular complexity index is 2500. The molecule has 2 heteroatoms. The van der Waals surface area contributed by atoms with Crippen LogP contribution in [0.3, 0.4) is 0 Å². The Morgan fingerprint density at radius 1 is 0.386 bits per heavy atom. The number of benzene rings is 8. The van der Waals surface area contributed by atoms with Crippen molar-refractivity contribution in [3.8, 4) is 11.1 Å². The van der Waals surface area contributed by atoms with Crippen LogP contribution in [0.1, 0.15) is 0 Å². The van der Waals surface area contributed by atoms with Crippen LogP contribution in [0, 0.1) is 0 Å². The zero-order valence-corrected chi connectivity index (χ0v) is 23.9. The van der Waals surface area contributed by atoms with Crippen molar-refractivity contribution < 1.29 is 4.42 Å². The summed E-state index contributed by atoms with van der Waals surface area (Å²) in [6.07, 6.45) is 0. The quantitative estimate of drug-likeness (QED) is 0.212. The van der Waals surface area contributed by atoms with Gasteiger partial charge in [0, 0.05) is 21.8 Å². The van der Waals surface area contributed by atoms with E-state index >= 15 is 0 Å². The molecule has 44 heavy (non-hydrogen) atoms. The summed E-state index contributed by atoms with van der Waals surface area (Å²) in [7, 11) is 0. The van der Waals surface area contributed by atoms with Crippen molar-refractivity contribution in [2.45, 2.75) is 0 Å². The Hall–Kier alpha value is -5.86. The second-order valence-corrected chi connectivity index (χ2v) is 11.4. The maximum atomic E-state index is 6.60. The van der Waals surface area contributed by atoms with E-state index in [-0.39, 0.29) is 0 Å². The maximum Gasteiger partial charge on any atom is 0.143 e. The van der Waals surface area contributed by atoms with E-state index in [1.54, 1.807) is 0 Å². The molecule has 1 aromatic heterocycles. The van der Waals surface area contributed by atoms with Crippen LogP contribution in [-0.4, -0.2) is 0 Å². The largest absolute Gasteiger partial charge is 0.455 e. The predicted molar refractivity (Wildman–Crippen MR) is 186 cm³/mol. The fraction of sp³-hybridized carbons (Fsp3) is 0. The minimum atomic E-state index is 0.881. The summed E-state index contributed by atoms with van der Waals surface area (Å²) in [5.41, 5.74) is 7.52. The summed E-state index contributed by atoms with van der Waals surface area (Å²) in [6.45, 7) is 0. The van der Waals surface area contributed by atoms with E-state index in [9.17, 15) is 0 Å². The first-order chi connectivity index (χ1) is 21.8. The second kappa shape index (κ2) is 9.86. The zero-order valence-electron chi connectivity index (χ0n) is 23.9. The highest BCUT2D eigenvalue weighted by molar-refractivity contribution is 6.20. The Morgan fingerprint density at radius 2 is 1.00 bits per heavy atom. The smallest absolute Gasteiger partial charge is 0.143 e. The molecular formula is C42H27NO. The van der Waals surface area contributed by atoms with E-state index < -0.39 is 0 Å². The Labute approximate surface area is 255 Å². The van der Waals surface area contributed by atoms with Crippen molar-refractivity contribution in [1.29, 1.82) is 0 Å². The molecule has 9 aromatic rings. The number of anilines is 3. The lowest BCUT2D eigenvalue weighted by Gasteiger charge is -2.27. The molecule has 0 saturated heterocycles. The third-order valence-electron chi connectivity index (χ3n) is 8.82. The van der Waals surface area contributed by atoms with Crippen LogP contribution in [0.25, 0.3) is 65.4 Å². The van der Waals surface area contributed by atoms with Gasteiger partial charge in [0.15, 0.2) is 0 Å². The summed E-state index contributed by atoms with van der Waals surface area (Å²) >= 11 is 0. The summed E-state index contributed by atoms with van der Waals surface area (Å²) in [4.78, 5) is 2.39. The summed E-state index contributed by atoms with van der Waals surface area (Å²) in [5, 5.41) is 9.44. The Balaban J connectivity index is 1.28. The Kier molecular flexibility index (Phi) is 5.54. The SMILES string of the molecule is c1ccc2cc(-c3ccc(N(c4cccc5ccccc45)c4cccc5oc6c7ccccc7ccc6c45)cc3)ccc2c1. The lowest BCUT2D eigenvalue weighted by molar-refractivity contribution is 0.672. The van der Waals surface area contributed by atoms with E-state index in [2.05, 4.69) is 169 Å². The molecular weight excluding hydrogens is 534 g/mol. The van der Waals surface area contributed by atoms with Gasteiger partial charge in [-0.05, 0) is 75.1 Å². The highest BCUT2D eigenvalue weighted by atomic mass is 16.3. The highest BCUT2D eigenvalue weighted by Crippen LogP contribution is 2.46. The number of nitrogens with zero attached hydrogens (tertiary/aromatic N) is 1. The van der Waals surface area contributed by atoms with Gasteiger partial charge in [-0.2, -0.15) is 0 Å². The molecule has 2 nitrogen and oxygen atoms in total. The zero-order chi connectivity index (χ0) is 29.0. The van der Waals surface area contributed by atoms with Gasteiger partial charge in [-0.3, -0.25) is 0 Å². The Morgan fingerprint density at radius 3 is 1.84 bits per heavy atom. The number of fused-ring (bicyclic) bond motifs is 7. The predicted octanol–water partition coefficient (Wildman–Crippen LogP) is 12.2. The molecule has 9 rings (SSSR count). The van der Waals surface area contributed by atoms with E-state index in [1.165, 1.54) is 38.1 Å². The van der Waals surface area contributed by atoms with Crippen molar-refractivity contribution in [1.82, 2.24) is 0 Å². The molecule has 0 radical (unpaired) electrons. The van der Waals surface area contributed by atoms with E-state index in [0.29, 0.717) is 0 Å². The highest BCUT2D eigenvalue weighted by Gasteiger charge is 2.21. The number of rotatable bonds is 4. The monoisotopic (exact) mass is 561 g/mol. The molecule has 0 atom stereocenters. The first-order valence-electron chi connectivity index (χ1n) is 15.0. The summed E-state index contributed by atoms with van der Waals surface area (Å²) in [5.74, 6) is 0. The normalized spacial score (nSPS) is 11.6. The van der Waals surface area contributed by atoms with E-state index in [4.69, 9.17) is 4.42 Å². The molecule has 0 saturated carbocycles. The van der Waals surface area contributed by atoms with Gasteiger partial charge in [0.2, 0.25) is 0 Å². The van der Waals surface area contributed by atoms with Crippen LogP contribution in [-0.2, 0) is 0 Å². The van der Waals surface area contributed by atoms with E-state index in [0.717, 1.165) is 44.4 Å². The minimum absolute atomic E-state index is 0.881. The molecule has 206 valence electrons. The standard InChI is InChI=1S/C42H27NO/c1-2-12-32-27-33(20-19-28(32)9-1)29-21-24-34(25-22-29)43(38-16-7-13-30-10-3-5-14-35(30)38)39-17-8-18-40-41(39)37-26-23-31-11-4-6-15-36(31)42(37)44-40/h1-27H. The molecule has 0 fully saturated rings. The topological polar surface area (TPSA) is 16.4 Å². The molecule has 0 spiro atoms. The molecule has 0 aliphatic rings. The van der Waals surface area contributed by atoms with Crippen LogP contribution in [0.15, 0.2) is 168 Å². The van der Waals surface area contributed by atoms with Crippen molar-refractivity contribution in [3.05, 3.63) is 164 Å². The first kappa shape index (κ1) is 24.7. The van der Waals surface area contributed by atoms with Crippen LogP contribution < -0.4 is 4.90 Å². The van der Waals surface area contributed by atoms with Gasteiger partial charge in [0.05, 0.1) is 16.8 Å². The lowest BCUT2D eigenvalue weighted by Crippen LogP contribution is -2.10. The van der Waals surface area contributed by atoms with Gasteiger partial charge in [0.25, 0.3) is 0 Å². The van der Waals surface area contributed by atoms with Crippen LogP contribution >= 0.6 is 0 Å². The van der Waals surface area contributed by atoms with Crippen molar-refractivity contribution in [3.63, 3.8) is 0 Å². The molecule has 0 amide bonds. The minimum Gasteiger partial charge on any atom is -0.455 e.